The molecule has 3 rings (SSSR count). The fourth-order valence-corrected chi connectivity index (χ4v) is 3.55. The minimum absolute atomic E-state index is 0.0674. The number of aromatic nitrogens is 3. The van der Waals surface area contributed by atoms with Crippen LogP contribution in [0.5, 0.6) is 5.88 Å². The largest absolute Gasteiger partial charge is 0.525 e. The highest BCUT2D eigenvalue weighted by Gasteiger charge is 2.51. The molecule has 17 heteroatoms. The van der Waals surface area contributed by atoms with Crippen LogP contribution < -0.4 is 15.4 Å². The van der Waals surface area contributed by atoms with Crippen molar-refractivity contribution < 1.29 is 45.4 Å². The number of hydrogen-bond acceptors (Lipinski definition) is 7. The number of nitrogens with one attached hydrogen (secondary N) is 2. The van der Waals surface area contributed by atoms with Crippen LogP contribution in [0, 0.1) is 18.3 Å². The van der Waals surface area contributed by atoms with E-state index in [0.29, 0.717) is 10.7 Å². The summed E-state index contributed by atoms with van der Waals surface area (Å²) in [5.74, 6) is -3.26. The molecular formula is C24H19ClF6N6O4. The Morgan fingerprint density at radius 2 is 1.83 bits per heavy atom. The quantitative estimate of drug-likeness (QED) is 0.317. The van der Waals surface area contributed by atoms with Gasteiger partial charge in [-0.2, -0.15) is 14.0 Å². The third-order valence-electron chi connectivity index (χ3n) is 4.97. The Kier molecular flexibility index (Phi) is 9.14. The summed E-state index contributed by atoms with van der Waals surface area (Å²) in [6.45, 7) is 4.82. The van der Waals surface area contributed by atoms with Gasteiger partial charge in [0.2, 0.25) is 5.88 Å². The Bertz CT molecular complexity index is 1500. The first-order chi connectivity index (χ1) is 19.0. The maximum atomic E-state index is 14.1. The fraction of sp³-hybridized carbons (Fsp3) is 0.292. The molecule has 1 aromatic carbocycles. The second-order valence-electron chi connectivity index (χ2n) is 8.54. The normalized spacial score (nSPS) is 12.5. The molecule has 1 atom stereocenters. The topological polar surface area (TPSA) is 131 Å². The van der Waals surface area contributed by atoms with Crippen LogP contribution in [0.3, 0.4) is 0 Å². The Balaban J connectivity index is 2.07. The summed E-state index contributed by atoms with van der Waals surface area (Å²) in [6.07, 6.45) is -14.0. The molecule has 0 spiro atoms. The predicted molar refractivity (Wildman–Crippen MR) is 130 cm³/mol. The van der Waals surface area contributed by atoms with Crippen molar-refractivity contribution in [2.45, 2.75) is 45.6 Å². The number of anilines is 1. The molecule has 218 valence electrons. The number of aryl methyl sites for hydroxylation is 1. The molecular weight excluding hydrogens is 586 g/mol. The Labute approximate surface area is 232 Å². The van der Waals surface area contributed by atoms with Crippen molar-refractivity contribution in [1.82, 2.24) is 20.1 Å². The smallest absolute Gasteiger partial charge is 0.409 e. The average molecular weight is 605 g/mol. The van der Waals surface area contributed by atoms with E-state index in [1.165, 1.54) is 37.4 Å². The number of nitrogens with zero attached hydrogens (tertiary/aromatic N) is 4. The van der Waals surface area contributed by atoms with E-state index in [-0.39, 0.29) is 39.3 Å². The van der Waals surface area contributed by atoms with Crippen LogP contribution in [0.1, 0.15) is 45.8 Å². The summed E-state index contributed by atoms with van der Waals surface area (Å²) in [5.41, 5.74) is -0.428. The van der Waals surface area contributed by atoms with Crippen molar-refractivity contribution in [3.05, 3.63) is 63.9 Å². The van der Waals surface area contributed by atoms with E-state index < -0.39 is 42.2 Å². The molecule has 2 aromatic heterocycles. The Hall–Kier alpha value is -4.36. The number of ether oxygens (including phenoxy) is 2. The molecule has 0 bridgehead atoms. The van der Waals surface area contributed by atoms with Gasteiger partial charge in [-0.3, -0.25) is 9.59 Å². The van der Waals surface area contributed by atoms with Crippen molar-refractivity contribution in [3.8, 4) is 17.8 Å². The summed E-state index contributed by atoms with van der Waals surface area (Å²) < 4.78 is 85.9. The van der Waals surface area contributed by atoms with Gasteiger partial charge in [0, 0.05) is 18.3 Å². The molecule has 0 aliphatic heterocycles. The molecule has 0 saturated heterocycles. The standard InChI is InChI=1S/C24H19ClF6N6O4/c1-11(2)34-20(38)14-8-13(10-32)7-12(3)18(14)35-21(39)16-9-17(36-37(16)19-15(25)5-4-6-33-19)40-23(27,28)22(26)41-24(29,30)31/h4-9,11,22H,1-3H3,(H,34,38)(H,35,39). The number of carbonyl (C=O) groups excluding carboxylic acids is 2. The number of hydrogen-bond donors (Lipinski definition) is 2. The highest BCUT2D eigenvalue weighted by molar-refractivity contribution is 6.32. The highest BCUT2D eigenvalue weighted by atomic mass is 35.5. The molecule has 2 heterocycles. The van der Waals surface area contributed by atoms with Crippen molar-refractivity contribution in [1.29, 1.82) is 5.26 Å². The number of halogens is 7. The maximum Gasteiger partial charge on any atom is 0.525 e. The molecule has 0 saturated carbocycles. The molecule has 41 heavy (non-hydrogen) atoms. The van der Waals surface area contributed by atoms with E-state index in [4.69, 9.17) is 11.6 Å². The molecule has 2 amide bonds. The predicted octanol–water partition coefficient (Wildman–Crippen LogP) is 5.29. The first-order valence-electron chi connectivity index (χ1n) is 11.4. The lowest BCUT2D eigenvalue weighted by Gasteiger charge is -2.20. The van der Waals surface area contributed by atoms with Gasteiger partial charge in [0.1, 0.15) is 5.69 Å². The van der Waals surface area contributed by atoms with Crippen molar-refractivity contribution >= 4 is 29.1 Å². The lowest BCUT2D eigenvalue weighted by atomic mass is 10.0. The van der Waals surface area contributed by atoms with Crippen LogP contribution in [0.25, 0.3) is 5.82 Å². The SMILES string of the molecule is Cc1cc(C#N)cc(C(=O)NC(C)C)c1NC(=O)c1cc(OC(F)(F)C(F)OC(F)(F)F)nn1-c1ncccc1Cl. The summed E-state index contributed by atoms with van der Waals surface area (Å²) in [6, 6.07) is 7.39. The lowest BCUT2D eigenvalue weighted by Crippen LogP contribution is -2.41. The van der Waals surface area contributed by atoms with E-state index >= 15 is 0 Å². The van der Waals surface area contributed by atoms with Gasteiger partial charge in [0.25, 0.3) is 11.8 Å². The third kappa shape index (κ3) is 7.64. The molecule has 2 N–H and O–H groups in total. The number of rotatable bonds is 9. The second-order valence-corrected chi connectivity index (χ2v) is 8.95. The molecule has 0 aliphatic rings. The zero-order chi connectivity index (χ0) is 30.7. The van der Waals surface area contributed by atoms with Crippen LogP contribution in [0.15, 0.2) is 36.5 Å². The van der Waals surface area contributed by atoms with Gasteiger partial charge in [-0.05, 0) is 50.6 Å². The summed E-state index contributed by atoms with van der Waals surface area (Å²) in [4.78, 5) is 30.1. The van der Waals surface area contributed by atoms with Gasteiger partial charge in [0.05, 0.1) is 27.9 Å². The number of pyridine rings is 1. The average Bonchev–Trinajstić information content (AvgIpc) is 3.26. The van der Waals surface area contributed by atoms with Gasteiger partial charge < -0.3 is 15.4 Å². The zero-order valence-corrected chi connectivity index (χ0v) is 21.9. The van der Waals surface area contributed by atoms with Crippen molar-refractivity contribution in [3.63, 3.8) is 0 Å². The first kappa shape index (κ1) is 31.2. The minimum atomic E-state index is -5.75. The number of benzene rings is 1. The molecule has 3 aromatic rings. The fourth-order valence-electron chi connectivity index (χ4n) is 3.35. The van der Waals surface area contributed by atoms with Crippen LogP contribution in [0.2, 0.25) is 5.02 Å². The molecule has 1 unspecified atom stereocenters. The minimum Gasteiger partial charge on any atom is -0.409 e. The van der Waals surface area contributed by atoms with E-state index in [2.05, 4.69) is 30.2 Å². The van der Waals surface area contributed by atoms with E-state index in [0.717, 1.165) is 0 Å². The van der Waals surface area contributed by atoms with Crippen molar-refractivity contribution in [2.24, 2.45) is 0 Å². The summed E-state index contributed by atoms with van der Waals surface area (Å²) >= 11 is 6.10. The van der Waals surface area contributed by atoms with Crippen LogP contribution in [-0.2, 0) is 4.74 Å². The Morgan fingerprint density at radius 1 is 1.15 bits per heavy atom. The number of carbonyl (C=O) groups is 2. The number of alkyl halides is 6. The van der Waals surface area contributed by atoms with Crippen LogP contribution in [0.4, 0.5) is 32.0 Å². The Morgan fingerprint density at radius 3 is 2.41 bits per heavy atom. The van der Waals surface area contributed by atoms with Crippen molar-refractivity contribution in [2.75, 3.05) is 5.32 Å². The van der Waals surface area contributed by atoms with Gasteiger partial charge >= 0.3 is 18.8 Å². The second kappa shape index (κ2) is 12.0. The monoisotopic (exact) mass is 604 g/mol. The molecule has 0 fully saturated rings. The number of nitriles is 1. The summed E-state index contributed by atoms with van der Waals surface area (Å²) in [5, 5.41) is 17.8. The summed E-state index contributed by atoms with van der Waals surface area (Å²) in [7, 11) is 0. The number of amides is 2. The lowest BCUT2D eigenvalue weighted by molar-refractivity contribution is -0.411. The van der Waals surface area contributed by atoms with Crippen LogP contribution >= 0.6 is 11.6 Å². The zero-order valence-electron chi connectivity index (χ0n) is 21.2. The third-order valence-corrected chi connectivity index (χ3v) is 5.26. The molecule has 10 nitrogen and oxygen atoms in total. The van der Waals surface area contributed by atoms with Crippen LogP contribution in [-0.4, -0.2) is 51.4 Å². The van der Waals surface area contributed by atoms with Gasteiger partial charge in [-0.1, -0.05) is 11.6 Å². The van der Waals surface area contributed by atoms with Gasteiger partial charge in [-0.15, -0.1) is 18.3 Å². The molecule has 0 aliphatic carbocycles. The van der Waals surface area contributed by atoms with Gasteiger partial charge in [0.15, 0.2) is 5.82 Å². The highest BCUT2D eigenvalue weighted by Crippen LogP contribution is 2.33. The van der Waals surface area contributed by atoms with E-state index in [1.807, 2.05) is 6.07 Å². The van der Waals surface area contributed by atoms with Gasteiger partial charge in [-0.25, -0.2) is 18.8 Å². The first-order valence-corrected chi connectivity index (χ1v) is 11.7. The van der Waals surface area contributed by atoms with E-state index in [9.17, 15) is 41.2 Å². The van der Waals surface area contributed by atoms with E-state index in [1.54, 1.807) is 13.8 Å². The molecule has 0 radical (unpaired) electrons. The maximum absolute atomic E-state index is 14.1.